The van der Waals surface area contributed by atoms with E-state index in [1.54, 1.807) is 0 Å². The SMILES string of the molecule is SCc1cccnc1N1CCCC1. The highest BCUT2D eigenvalue weighted by atomic mass is 32.1. The summed E-state index contributed by atoms with van der Waals surface area (Å²) in [6.07, 6.45) is 4.45. The lowest BCUT2D eigenvalue weighted by Gasteiger charge is -2.18. The predicted molar refractivity (Wildman–Crippen MR) is 58.4 cm³/mol. The molecule has 0 amide bonds. The predicted octanol–water partition coefficient (Wildman–Crippen LogP) is 2.11. The van der Waals surface area contributed by atoms with Crippen molar-refractivity contribution in [1.82, 2.24) is 4.98 Å². The van der Waals surface area contributed by atoms with E-state index in [1.807, 2.05) is 12.3 Å². The maximum Gasteiger partial charge on any atom is 0.132 e. The molecule has 2 heterocycles. The molecule has 0 bridgehead atoms. The Balaban J connectivity index is 2.26. The molecule has 2 rings (SSSR count). The fourth-order valence-electron chi connectivity index (χ4n) is 1.77. The average Bonchev–Trinajstić information content (AvgIpc) is 2.70. The molecule has 0 aromatic carbocycles. The molecule has 0 aliphatic carbocycles. The van der Waals surface area contributed by atoms with Crippen molar-refractivity contribution in [3.63, 3.8) is 0 Å². The number of hydrogen-bond donors (Lipinski definition) is 1. The van der Waals surface area contributed by atoms with E-state index in [-0.39, 0.29) is 0 Å². The highest BCUT2D eigenvalue weighted by Gasteiger charge is 2.15. The third-order valence-electron chi connectivity index (χ3n) is 2.44. The zero-order valence-electron chi connectivity index (χ0n) is 7.61. The average molecular weight is 194 g/mol. The second-order valence-electron chi connectivity index (χ2n) is 3.34. The van der Waals surface area contributed by atoms with Crippen molar-refractivity contribution in [2.24, 2.45) is 0 Å². The zero-order valence-corrected chi connectivity index (χ0v) is 8.50. The molecule has 0 spiro atoms. The van der Waals surface area contributed by atoms with E-state index in [0.717, 1.165) is 24.7 Å². The van der Waals surface area contributed by atoms with E-state index in [9.17, 15) is 0 Å². The summed E-state index contributed by atoms with van der Waals surface area (Å²) >= 11 is 4.31. The van der Waals surface area contributed by atoms with Gasteiger partial charge in [0.2, 0.25) is 0 Å². The van der Waals surface area contributed by atoms with Crippen LogP contribution in [0, 0.1) is 0 Å². The molecule has 70 valence electrons. The molecule has 3 heteroatoms. The van der Waals surface area contributed by atoms with Gasteiger partial charge in [-0.1, -0.05) is 6.07 Å². The van der Waals surface area contributed by atoms with Gasteiger partial charge in [0.1, 0.15) is 5.82 Å². The normalized spacial score (nSPS) is 16.5. The van der Waals surface area contributed by atoms with E-state index in [4.69, 9.17) is 0 Å². The Labute approximate surface area is 84.4 Å². The lowest BCUT2D eigenvalue weighted by Crippen LogP contribution is -2.20. The van der Waals surface area contributed by atoms with Crippen LogP contribution in [-0.2, 0) is 5.75 Å². The minimum absolute atomic E-state index is 0.777. The second-order valence-corrected chi connectivity index (χ2v) is 3.65. The van der Waals surface area contributed by atoms with Crippen LogP contribution in [0.5, 0.6) is 0 Å². The monoisotopic (exact) mass is 194 g/mol. The summed E-state index contributed by atoms with van der Waals surface area (Å²) in [5.41, 5.74) is 1.24. The quantitative estimate of drug-likeness (QED) is 0.726. The maximum atomic E-state index is 4.41. The van der Waals surface area contributed by atoms with E-state index >= 15 is 0 Å². The van der Waals surface area contributed by atoms with Crippen molar-refractivity contribution in [2.75, 3.05) is 18.0 Å². The van der Waals surface area contributed by atoms with Crippen LogP contribution in [0.15, 0.2) is 18.3 Å². The van der Waals surface area contributed by atoms with Gasteiger partial charge in [0.05, 0.1) is 0 Å². The van der Waals surface area contributed by atoms with Gasteiger partial charge in [-0.2, -0.15) is 12.6 Å². The van der Waals surface area contributed by atoms with Crippen molar-refractivity contribution >= 4 is 18.4 Å². The molecule has 1 aliphatic heterocycles. The van der Waals surface area contributed by atoms with E-state index in [1.165, 1.54) is 18.4 Å². The van der Waals surface area contributed by atoms with Gasteiger partial charge in [-0.05, 0) is 18.9 Å². The number of nitrogens with zero attached hydrogens (tertiary/aromatic N) is 2. The summed E-state index contributed by atoms with van der Waals surface area (Å²) in [7, 11) is 0. The topological polar surface area (TPSA) is 16.1 Å². The van der Waals surface area contributed by atoms with Gasteiger partial charge >= 0.3 is 0 Å². The van der Waals surface area contributed by atoms with Crippen LogP contribution < -0.4 is 4.90 Å². The van der Waals surface area contributed by atoms with Crippen molar-refractivity contribution < 1.29 is 0 Å². The van der Waals surface area contributed by atoms with Crippen molar-refractivity contribution in [2.45, 2.75) is 18.6 Å². The van der Waals surface area contributed by atoms with Gasteiger partial charge in [-0.25, -0.2) is 4.98 Å². The zero-order chi connectivity index (χ0) is 9.10. The summed E-state index contributed by atoms with van der Waals surface area (Å²) in [5, 5.41) is 0. The van der Waals surface area contributed by atoms with Crippen LogP contribution in [-0.4, -0.2) is 18.1 Å². The summed E-state index contributed by atoms with van der Waals surface area (Å²) in [5.74, 6) is 1.91. The minimum Gasteiger partial charge on any atom is -0.356 e. The molecule has 1 aromatic heterocycles. The van der Waals surface area contributed by atoms with Gasteiger partial charge in [0, 0.05) is 30.6 Å². The molecule has 1 aliphatic rings. The number of thiol groups is 1. The first-order chi connectivity index (χ1) is 6.42. The highest BCUT2D eigenvalue weighted by molar-refractivity contribution is 7.79. The lowest BCUT2D eigenvalue weighted by molar-refractivity contribution is 0.927. The Kier molecular flexibility index (Phi) is 2.74. The molecule has 0 saturated carbocycles. The summed E-state index contributed by atoms with van der Waals surface area (Å²) in [6.45, 7) is 2.30. The third kappa shape index (κ3) is 1.80. The molecule has 0 radical (unpaired) electrons. The third-order valence-corrected chi connectivity index (χ3v) is 2.78. The fourth-order valence-corrected chi connectivity index (χ4v) is 2.01. The smallest absolute Gasteiger partial charge is 0.132 e. The molecule has 1 saturated heterocycles. The first kappa shape index (κ1) is 8.88. The number of aromatic nitrogens is 1. The van der Waals surface area contributed by atoms with Gasteiger partial charge in [-0.3, -0.25) is 0 Å². The summed E-state index contributed by atoms with van der Waals surface area (Å²) in [4.78, 5) is 6.76. The van der Waals surface area contributed by atoms with Gasteiger partial charge in [-0.15, -0.1) is 0 Å². The molecule has 1 aromatic rings. The van der Waals surface area contributed by atoms with Gasteiger partial charge in [0.15, 0.2) is 0 Å². The molecule has 13 heavy (non-hydrogen) atoms. The van der Waals surface area contributed by atoms with Crippen molar-refractivity contribution in [1.29, 1.82) is 0 Å². The van der Waals surface area contributed by atoms with Crippen LogP contribution in [0.3, 0.4) is 0 Å². The number of pyridine rings is 1. The van der Waals surface area contributed by atoms with E-state index < -0.39 is 0 Å². The largest absolute Gasteiger partial charge is 0.356 e. The Bertz CT molecular complexity index is 282. The Hall–Kier alpha value is -0.700. The molecular weight excluding hydrogens is 180 g/mol. The number of rotatable bonds is 2. The first-order valence-corrected chi connectivity index (χ1v) is 5.35. The number of anilines is 1. The Morgan fingerprint density at radius 2 is 2.15 bits per heavy atom. The van der Waals surface area contributed by atoms with E-state index in [2.05, 4.69) is 28.6 Å². The van der Waals surface area contributed by atoms with Gasteiger partial charge in [0.25, 0.3) is 0 Å². The molecule has 2 nitrogen and oxygen atoms in total. The second kappa shape index (κ2) is 4.01. The Morgan fingerprint density at radius 3 is 2.85 bits per heavy atom. The van der Waals surface area contributed by atoms with Crippen LogP contribution >= 0.6 is 12.6 Å². The Morgan fingerprint density at radius 1 is 1.38 bits per heavy atom. The van der Waals surface area contributed by atoms with Gasteiger partial charge < -0.3 is 4.90 Å². The maximum absolute atomic E-state index is 4.41. The standard InChI is InChI=1S/C10H14N2S/c13-8-9-4-3-5-11-10(9)12-6-1-2-7-12/h3-5,13H,1-2,6-8H2. The van der Waals surface area contributed by atoms with E-state index in [0.29, 0.717) is 0 Å². The summed E-state index contributed by atoms with van der Waals surface area (Å²) in [6, 6.07) is 4.08. The minimum atomic E-state index is 0.777. The van der Waals surface area contributed by atoms with Crippen LogP contribution in [0.1, 0.15) is 18.4 Å². The lowest BCUT2D eigenvalue weighted by atomic mass is 10.3. The highest BCUT2D eigenvalue weighted by Crippen LogP contribution is 2.22. The molecule has 0 atom stereocenters. The molecular formula is C10H14N2S. The molecule has 0 unspecified atom stereocenters. The van der Waals surface area contributed by atoms with Crippen LogP contribution in [0.2, 0.25) is 0 Å². The van der Waals surface area contributed by atoms with Crippen molar-refractivity contribution in [3.8, 4) is 0 Å². The number of hydrogen-bond acceptors (Lipinski definition) is 3. The summed E-state index contributed by atoms with van der Waals surface area (Å²) < 4.78 is 0. The molecule has 1 fully saturated rings. The first-order valence-electron chi connectivity index (χ1n) is 4.71. The van der Waals surface area contributed by atoms with Crippen molar-refractivity contribution in [3.05, 3.63) is 23.9 Å². The van der Waals surface area contributed by atoms with Crippen LogP contribution in [0.4, 0.5) is 5.82 Å². The fraction of sp³-hybridized carbons (Fsp3) is 0.500. The van der Waals surface area contributed by atoms with Crippen LogP contribution in [0.25, 0.3) is 0 Å². The molecule has 0 N–H and O–H groups in total.